The molecule has 3 rings (SSSR count). The van der Waals surface area contributed by atoms with E-state index < -0.39 is 30.6 Å². The number of ketones is 1. The molecular weight excluding hydrogens is 461 g/mol. The molecular formula is C28H30NO5P. The molecule has 182 valence electrons. The first-order chi connectivity index (χ1) is 17.0. The molecule has 0 unspecified atom stereocenters. The minimum Gasteiger partial charge on any atom is -0.469 e. The van der Waals surface area contributed by atoms with E-state index >= 15 is 0 Å². The van der Waals surface area contributed by atoms with Gasteiger partial charge in [-0.2, -0.15) is 0 Å². The highest BCUT2D eigenvalue weighted by Crippen LogP contribution is 2.46. The van der Waals surface area contributed by atoms with Gasteiger partial charge in [0.05, 0.1) is 19.8 Å². The second-order valence-corrected chi connectivity index (χ2v) is 11.2. The third-order valence-electron chi connectivity index (χ3n) is 5.69. The Morgan fingerprint density at radius 3 is 1.60 bits per heavy atom. The molecule has 0 aliphatic heterocycles. The number of hydrogen-bond donors (Lipinski definition) is 1. The maximum Gasteiger partial charge on any atom is 0.342 e. The van der Waals surface area contributed by atoms with Gasteiger partial charge in [0.15, 0.2) is 5.78 Å². The van der Waals surface area contributed by atoms with Crippen molar-refractivity contribution in [1.29, 1.82) is 0 Å². The van der Waals surface area contributed by atoms with E-state index in [4.69, 9.17) is 15.2 Å². The van der Waals surface area contributed by atoms with E-state index in [-0.39, 0.29) is 24.7 Å². The number of methoxy groups -OCH3 is 1. The van der Waals surface area contributed by atoms with Crippen LogP contribution in [0.4, 0.5) is 0 Å². The normalized spacial score (nSPS) is 11.9. The first kappa shape index (κ1) is 26.1. The second-order valence-electron chi connectivity index (χ2n) is 7.83. The van der Waals surface area contributed by atoms with Crippen LogP contribution in [0.5, 0.6) is 0 Å². The number of ether oxygens (including phenoxy) is 2. The monoisotopic (exact) mass is 491 g/mol. The highest BCUT2D eigenvalue weighted by Gasteiger charge is 2.39. The Morgan fingerprint density at radius 2 is 1.23 bits per heavy atom. The predicted octanol–water partition coefficient (Wildman–Crippen LogP) is 2.57. The second kappa shape index (κ2) is 12.3. The summed E-state index contributed by atoms with van der Waals surface area (Å²) >= 11 is 0. The van der Waals surface area contributed by atoms with Crippen LogP contribution in [0.15, 0.2) is 91.0 Å². The maximum absolute atomic E-state index is 14.0. The Hall–Kier alpha value is -3.47. The lowest BCUT2D eigenvalue weighted by atomic mass is 10.1. The number of benzene rings is 3. The average molecular weight is 492 g/mol. The molecule has 35 heavy (non-hydrogen) atoms. The van der Waals surface area contributed by atoms with Crippen LogP contribution in [0, 0.1) is 0 Å². The van der Waals surface area contributed by atoms with Crippen LogP contribution in [0.3, 0.4) is 0 Å². The molecule has 0 aliphatic carbocycles. The Kier molecular flexibility index (Phi) is 9.18. The molecule has 0 heterocycles. The fourth-order valence-electron chi connectivity index (χ4n) is 4.07. The summed E-state index contributed by atoms with van der Waals surface area (Å²) in [7, 11) is 1.28. The van der Waals surface area contributed by atoms with Gasteiger partial charge in [0.1, 0.15) is 5.29 Å². The van der Waals surface area contributed by atoms with Gasteiger partial charge in [-0.05, 0) is 36.1 Å². The average Bonchev–Trinajstić information content (AvgIpc) is 2.91. The number of nitrogens with two attached hydrogens (primary N) is 1. The van der Waals surface area contributed by atoms with Crippen LogP contribution >= 0.6 is 6.89 Å². The van der Waals surface area contributed by atoms with E-state index in [2.05, 4.69) is 0 Å². The molecule has 0 saturated carbocycles. The van der Waals surface area contributed by atoms with E-state index in [1.165, 1.54) is 7.11 Å². The molecule has 0 aromatic heterocycles. The van der Waals surface area contributed by atoms with Crippen LogP contribution < -0.4 is 21.6 Å². The number of carbonyl (C=O) groups is 3. The minimum atomic E-state index is -3.02. The number of rotatable bonds is 10. The summed E-state index contributed by atoms with van der Waals surface area (Å²) < 4.78 is 10.2. The number of Topliss-reactive ketones (excluding diaryl/α,β-unsaturated/α-hetero) is 1. The summed E-state index contributed by atoms with van der Waals surface area (Å²) in [5.41, 5.74) is 6.32. The molecule has 0 spiro atoms. The lowest BCUT2D eigenvalue weighted by Crippen LogP contribution is -2.45. The van der Waals surface area contributed by atoms with Crippen molar-refractivity contribution in [1.82, 2.24) is 0 Å². The lowest BCUT2D eigenvalue weighted by Gasteiger charge is -2.32. The van der Waals surface area contributed by atoms with Crippen LogP contribution in [0.1, 0.15) is 19.8 Å². The summed E-state index contributed by atoms with van der Waals surface area (Å²) in [5, 5.41) is 2.50. The van der Waals surface area contributed by atoms with Gasteiger partial charge in [-0.1, -0.05) is 91.0 Å². The van der Waals surface area contributed by atoms with Crippen molar-refractivity contribution in [2.75, 3.05) is 13.7 Å². The Balaban J connectivity index is 2.46. The van der Waals surface area contributed by atoms with Crippen molar-refractivity contribution in [2.24, 2.45) is 5.73 Å². The number of hydrogen-bond acceptors (Lipinski definition) is 6. The van der Waals surface area contributed by atoms with E-state index in [1.807, 2.05) is 91.0 Å². The van der Waals surface area contributed by atoms with Crippen LogP contribution in [-0.2, 0) is 23.9 Å². The summed E-state index contributed by atoms with van der Waals surface area (Å²) in [5.74, 6) is -1.70. The highest BCUT2D eigenvalue weighted by molar-refractivity contribution is 7.97. The highest BCUT2D eigenvalue weighted by atomic mass is 31.2. The van der Waals surface area contributed by atoms with Gasteiger partial charge in [0.2, 0.25) is 0 Å². The standard InChI is InChI=1S/C28H30NO5P/c1-3-34-28(32)27(26(31)24(29)19-20-25(30)33-2)35(21-13-7-4-8-14-21,22-15-9-5-10-16-22)23-17-11-6-12-18-23/h4-18,24H,3,19-20,29H2,1-2H3/t24-/m0/s1. The topological polar surface area (TPSA) is 95.7 Å². The van der Waals surface area contributed by atoms with Crippen molar-refractivity contribution in [3.8, 4) is 0 Å². The number of esters is 2. The molecule has 0 amide bonds. The zero-order chi connectivity index (χ0) is 25.3. The molecule has 2 N–H and O–H groups in total. The van der Waals surface area contributed by atoms with Gasteiger partial charge >= 0.3 is 11.9 Å². The van der Waals surface area contributed by atoms with Gasteiger partial charge in [-0.3, -0.25) is 9.59 Å². The van der Waals surface area contributed by atoms with Crippen LogP contribution in [0.25, 0.3) is 0 Å². The van der Waals surface area contributed by atoms with E-state index in [1.54, 1.807) is 6.92 Å². The molecule has 3 aromatic carbocycles. The van der Waals surface area contributed by atoms with Gasteiger partial charge in [0.25, 0.3) is 0 Å². The fraction of sp³-hybridized carbons (Fsp3) is 0.214. The van der Waals surface area contributed by atoms with Crippen LogP contribution in [-0.4, -0.2) is 42.8 Å². The van der Waals surface area contributed by atoms with E-state index in [0.717, 1.165) is 15.9 Å². The zero-order valence-electron chi connectivity index (χ0n) is 19.9. The summed E-state index contributed by atoms with van der Waals surface area (Å²) in [4.78, 5) is 39.4. The summed E-state index contributed by atoms with van der Waals surface area (Å²) in [6.07, 6.45) is 0.0136. The van der Waals surface area contributed by atoms with Crippen molar-refractivity contribution in [2.45, 2.75) is 25.8 Å². The predicted molar refractivity (Wildman–Crippen MR) is 141 cm³/mol. The molecule has 0 radical (unpaired) electrons. The summed E-state index contributed by atoms with van der Waals surface area (Å²) in [6, 6.07) is 27.5. The van der Waals surface area contributed by atoms with Gasteiger partial charge < -0.3 is 15.2 Å². The van der Waals surface area contributed by atoms with Crippen molar-refractivity contribution in [3.05, 3.63) is 91.0 Å². The van der Waals surface area contributed by atoms with E-state index in [9.17, 15) is 14.4 Å². The Bertz CT molecular complexity index is 1110. The van der Waals surface area contributed by atoms with Crippen molar-refractivity contribution in [3.63, 3.8) is 0 Å². The third-order valence-corrected chi connectivity index (χ3v) is 9.98. The molecule has 7 heteroatoms. The Labute approximate surface area is 206 Å². The Morgan fingerprint density at radius 1 is 0.800 bits per heavy atom. The summed E-state index contributed by atoms with van der Waals surface area (Å²) in [6.45, 7) is -1.22. The van der Waals surface area contributed by atoms with Crippen molar-refractivity contribution < 1.29 is 23.9 Å². The molecule has 0 fully saturated rings. The molecule has 1 atom stereocenters. The zero-order valence-corrected chi connectivity index (χ0v) is 20.8. The smallest absolute Gasteiger partial charge is 0.342 e. The molecule has 0 saturated heterocycles. The van der Waals surface area contributed by atoms with Gasteiger partial charge in [-0.15, -0.1) is 0 Å². The first-order valence-electron chi connectivity index (χ1n) is 11.4. The molecule has 3 aromatic rings. The first-order valence-corrected chi connectivity index (χ1v) is 13.2. The minimum absolute atomic E-state index is 0.0142. The largest absolute Gasteiger partial charge is 0.469 e. The third kappa shape index (κ3) is 5.61. The van der Waals surface area contributed by atoms with Gasteiger partial charge in [0, 0.05) is 6.42 Å². The molecule has 6 nitrogen and oxygen atoms in total. The quantitative estimate of drug-likeness (QED) is 0.266. The van der Waals surface area contributed by atoms with Crippen LogP contribution in [0.2, 0.25) is 0 Å². The van der Waals surface area contributed by atoms with E-state index in [0.29, 0.717) is 0 Å². The lowest BCUT2D eigenvalue weighted by molar-refractivity contribution is -0.140. The van der Waals surface area contributed by atoms with Crippen molar-refractivity contribution >= 4 is 45.8 Å². The SMILES string of the molecule is CCOC(=O)C(C(=O)[C@@H](N)CCC(=O)OC)=P(c1ccccc1)(c1ccccc1)c1ccccc1. The van der Waals surface area contributed by atoms with Gasteiger partial charge in [-0.25, -0.2) is 4.79 Å². The molecule has 0 aliphatic rings. The number of carbonyl (C=O) groups excluding carboxylic acids is 3. The molecule has 0 bridgehead atoms. The fourth-order valence-corrected chi connectivity index (χ4v) is 8.44. The maximum atomic E-state index is 14.0.